The summed E-state index contributed by atoms with van der Waals surface area (Å²) in [6.45, 7) is 7.49. The standard InChI is InChI=1S/C41H56N4O13/c1-6-18-52-41(49)43-32-34(47)33(46)31(23-51-7-2)57-39(32)56-30-20-28(38(48)50-5)19-29(44-45-42)36(30)58-40-37(54-22-27-16-12-9-13-17-27)35(24(3)25(4)55-40)53-21-26-14-10-8-11-15-26/h6,8-17,24-25,28-37,39-40,46-47H,1,7,18-23H2,2-5H3,(H,43,49)/t24-,25?,28?,29?,30-,31+,32?,33+,34?,35+,36-,37?,39-,40+/m1/s1/i2T. The number of hydrogen-bond donors (Lipinski definition) is 3. The van der Waals surface area contributed by atoms with E-state index in [4.69, 9.17) is 44.0 Å². The zero-order chi connectivity index (χ0) is 42.3. The minimum absolute atomic E-state index is 0.0232. The number of esters is 1. The minimum atomic E-state index is -1.66. The number of azide groups is 1. The van der Waals surface area contributed by atoms with Gasteiger partial charge in [0.1, 0.15) is 37.1 Å². The van der Waals surface area contributed by atoms with Crippen molar-refractivity contribution < 1.29 is 63.8 Å². The highest BCUT2D eigenvalue weighted by atomic mass is 16.7. The van der Waals surface area contributed by atoms with Gasteiger partial charge in [0.2, 0.25) is 0 Å². The number of amides is 1. The molecule has 0 spiro atoms. The van der Waals surface area contributed by atoms with Crippen LogP contribution in [0.2, 0.25) is 0 Å². The maximum atomic E-state index is 13.1. The molecule has 1 amide bonds. The van der Waals surface area contributed by atoms with E-state index in [1.165, 1.54) is 13.2 Å². The third kappa shape index (κ3) is 11.8. The SMILES string of the molecule is [3H]CCOC[C@@H]1O[C@@H](O[C@@H]2CC(C(=O)OC)CC(N=[N+]=[N-])[C@H]2O[C@@H]2OC(C)[C@@H](C)[C@H](OCc3ccccc3)C2OCc2ccccc2)C(NC(=O)OCC=C)C(O)[C@H]1O. The first-order valence-corrected chi connectivity index (χ1v) is 19.4. The van der Waals surface area contributed by atoms with Crippen molar-refractivity contribution in [3.8, 4) is 0 Å². The Morgan fingerprint density at radius 2 is 1.64 bits per heavy atom. The molecule has 0 aromatic heterocycles. The summed E-state index contributed by atoms with van der Waals surface area (Å²) in [6.07, 6.45) is -10.7. The molecule has 2 aliphatic heterocycles. The molecule has 58 heavy (non-hydrogen) atoms. The summed E-state index contributed by atoms with van der Waals surface area (Å²) in [6, 6.07) is 16.8. The van der Waals surface area contributed by atoms with Crippen molar-refractivity contribution in [3.05, 3.63) is 94.9 Å². The van der Waals surface area contributed by atoms with Crippen LogP contribution in [-0.4, -0.2) is 123 Å². The van der Waals surface area contributed by atoms with Gasteiger partial charge in [-0.05, 0) is 43.3 Å². The van der Waals surface area contributed by atoms with Gasteiger partial charge in [0, 0.05) is 18.8 Å². The van der Waals surface area contributed by atoms with Crippen LogP contribution >= 0.6 is 0 Å². The largest absolute Gasteiger partial charge is 0.469 e. The molecule has 2 saturated heterocycles. The van der Waals surface area contributed by atoms with E-state index in [1.807, 2.05) is 74.5 Å². The van der Waals surface area contributed by atoms with Crippen LogP contribution in [0.25, 0.3) is 10.4 Å². The lowest BCUT2D eigenvalue weighted by Crippen LogP contribution is -2.66. The number of benzene rings is 2. The number of rotatable bonds is 18. The first kappa shape index (κ1) is 43.4. The van der Waals surface area contributed by atoms with E-state index < -0.39 is 91.5 Å². The van der Waals surface area contributed by atoms with Gasteiger partial charge in [-0.2, -0.15) is 0 Å². The average Bonchev–Trinajstić information content (AvgIpc) is 3.24. The summed E-state index contributed by atoms with van der Waals surface area (Å²) < 4.78 is 62.4. The Kier molecular flexibility index (Phi) is 16.7. The Bertz CT molecular complexity index is 1660. The predicted molar refractivity (Wildman–Crippen MR) is 207 cm³/mol. The van der Waals surface area contributed by atoms with Gasteiger partial charge in [-0.25, -0.2) is 4.79 Å². The van der Waals surface area contributed by atoms with E-state index in [0.29, 0.717) is 0 Å². The van der Waals surface area contributed by atoms with Crippen LogP contribution in [-0.2, 0) is 60.6 Å². The Morgan fingerprint density at radius 3 is 2.26 bits per heavy atom. The van der Waals surface area contributed by atoms with Gasteiger partial charge in [0.05, 0.1) is 63.3 Å². The number of alkyl carbamates (subject to hydrolysis) is 1. The Balaban J connectivity index is 1.50. The minimum Gasteiger partial charge on any atom is -0.469 e. The zero-order valence-corrected chi connectivity index (χ0v) is 33.0. The highest BCUT2D eigenvalue weighted by Crippen LogP contribution is 2.39. The fourth-order valence-electron chi connectivity index (χ4n) is 7.41. The topological polar surface area (TPSA) is 218 Å². The van der Waals surface area contributed by atoms with E-state index in [1.54, 1.807) is 0 Å². The van der Waals surface area contributed by atoms with Crippen LogP contribution in [0.3, 0.4) is 0 Å². The molecule has 0 radical (unpaired) electrons. The number of hydrogen-bond acceptors (Lipinski definition) is 14. The first-order chi connectivity index (χ1) is 28.6. The maximum absolute atomic E-state index is 13.1. The van der Waals surface area contributed by atoms with Crippen LogP contribution in [0.1, 0.15) is 46.1 Å². The van der Waals surface area contributed by atoms with Gasteiger partial charge in [0.25, 0.3) is 0 Å². The molecule has 2 aromatic carbocycles. The highest BCUT2D eigenvalue weighted by Gasteiger charge is 2.52. The number of aliphatic hydroxyl groups excluding tert-OH is 2. The van der Waals surface area contributed by atoms with E-state index >= 15 is 0 Å². The molecular formula is C41H56N4O13. The van der Waals surface area contributed by atoms with Gasteiger partial charge in [-0.1, -0.05) is 85.4 Å². The third-order valence-corrected chi connectivity index (χ3v) is 10.6. The number of aliphatic hydroxyl groups is 2. The Labute approximate surface area is 339 Å². The molecule has 17 heteroatoms. The van der Waals surface area contributed by atoms with Crippen molar-refractivity contribution in [3.63, 3.8) is 0 Å². The molecule has 2 aromatic rings. The molecular weight excluding hydrogens is 756 g/mol. The number of methoxy groups -OCH3 is 1. The molecule has 14 atom stereocenters. The van der Waals surface area contributed by atoms with Crippen LogP contribution < -0.4 is 5.32 Å². The lowest BCUT2D eigenvalue weighted by Gasteiger charge is -2.49. The number of nitrogens with one attached hydrogen (secondary N) is 1. The summed E-state index contributed by atoms with van der Waals surface area (Å²) in [5.41, 5.74) is 11.6. The fraction of sp³-hybridized carbons (Fsp3) is 0.610. The maximum Gasteiger partial charge on any atom is 0.407 e. The lowest BCUT2D eigenvalue weighted by atomic mass is 9.81. The molecule has 0 bridgehead atoms. The van der Waals surface area contributed by atoms with Crippen molar-refractivity contribution in [1.82, 2.24) is 5.32 Å². The van der Waals surface area contributed by atoms with E-state index in [-0.39, 0.29) is 58.7 Å². The van der Waals surface area contributed by atoms with Gasteiger partial charge < -0.3 is 58.2 Å². The fourth-order valence-corrected chi connectivity index (χ4v) is 7.41. The Morgan fingerprint density at radius 1 is 0.966 bits per heavy atom. The molecule has 3 N–H and O–H groups in total. The normalized spacial score (nSPS) is 33.8. The second kappa shape index (κ2) is 22.3. The quantitative estimate of drug-likeness (QED) is 0.0477. The average molecular weight is 815 g/mol. The van der Waals surface area contributed by atoms with Crippen LogP contribution in [0.5, 0.6) is 0 Å². The van der Waals surface area contributed by atoms with Crippen LogP contribution in [0.15, 0.2) is 78.4 Å². The molecule has 1 aliphatic carbocycles. The molecule has 2 heterocycles. The van der Waals surface area contributed by atoms with Gasteiger partial charge in [0.15, 0.2) is 12.6 Å². The number of nitrogens with zero attached hydrogens (tertiary/aromatic N) is 3. The number of ether oxygens (including phenoxy) is 9. The second-order valence-corrected chi connectivity index (χ2v) is 14.5. The van der Waals surface area contributed by atoms with Crippen molar-refractivity contribution >= 4 is 12.1 Å². The van der Waals surface area contributed by atoms with Crippen LogP contribution in [0.4, 0.5) is 4.79 Å². The Hall–Kier alpha value is -4.13. The summed E-state index contributed by atoms with van der Waals surface area (Å²) in [5.74, 6) is -1.59. The van der Waals surface area contributed by atoms with Crippen molar-refractivity contribution in [1.29, 1.82) is 0 Å². The zero-order valence-electron chi connectivity index (χ0n) is 34.0. The first-order valence-electron chi connectivity index (χ1n) is 20.1. The van der Waals surface area contributed by atoms with Crippen molar-refractivity contribution in [2.24, 2.45) is 17.0 Å². The van der Waals surface area contributed by atoms with E-state index in [9.17, 15) is 25.3 Å². The molecule has 3 aliphatic rings. The lowest BCUT2D eigenvalue weighted by molar-refractivity contribution is -0.337. The number of carbonyl (C=O) groups excluding carboxylic acids is 2. The monoisotopic (exact) mass is 814 g/mol. The summed E-state index contributed by atoms with van der Waals surface area (Å²) in [5, 5.41) is 29.0. The van der Waals surface area contributed by atoms with E-state index in [0.717, 1.165) is 11.1 Å². The molecule has 318 valence electrons. The number of carbonyl (C=O) groups is 2. The van der Waals surface area contributed by atoms with Crippen molar-refractivity contribution in [2.75, 3.05) is 26.9 Å². The molecule has 17 nitrogen and oxygen atoms in total. The van der Waals surface area contributed by atoms with Gasteiger partial charge in [-0.3, -0.25) is 4.79 Å². The van der Waals surface area contributed by atoms with Crippen LogP contribution in [0, 0.1) is 11.8 Å². The van der Waals surface area contributed by atoms with Gasteiger partial charge in [-0.15, -0.1) is 0 Å². The third-order valence-electron chi connectivity index (χ3n) is 10.6. The highest BCUT2D eigenvalue weighted by molar-refractivity contribution is 5.72. The van der Waals surface area contributed by atoms with Gasteiger partial charge >= 0.3 is 12.1 Å². The molecule has 6 unspecified atom stereocenters. The molecule has 5 rings (SSSR count). The molecule has 3 fully saturated rings. The van der Waals surface area contributed by atoms with E-state index in [2.05, 4.69) is 21.9 Å². The second-order valence-electron chi connectivity index (χ2n) is 14.5. The van der Waals surface area contributed by atoms with Crippen molar-refractivity contribution in [2.45, 2.75) is 120 Å². The summed E-state index contributed by atoms with van der Waals surface area (Å²) >= 11 is 0. The smallest absolute Gasteiger partial charge is 0.407 e. The summed E-state index contributed by atoms with van der Waals surface area (Å²) in [7, 11) is 1.24. The summed E-state index contributed by atoms with van der Waals surface area (Å²) in [4.78, 5) is 29.0. The molecule has 1 saturated carbocycles. The predicted octanol–water partition coefficient (Wildman–Crippen LogP) is 4.33.